The molecule has 2 aromatic carbocycles. The highest BCUT2D eigenvalue weighted by atomic mass is 35.5. The number of hydrogen-bond donors (Lipinski definition) is 2. The molecule has 0 unspecified atom stereocenters. The molecule has 0 saturated carbocycles. The van der Waals surface area contributed by atoms with E-state index in [1.54, 1.807) is 30.6 Å². The molecule has 9 heteroatoms. The number of anilines is 2. The number of fused-ring (bicyclic) bond motifs is 1. The van der Waals surface area contributed by atoms with Gasteiger partial charge in [-0.25, -0.2) is 18.4 Å². The SMILES string of the molecule is O=S(=O)(Nc1nc2ccccc2nc1NCc1cccnc1)c1cccc(Cl)c1. The highest BCUT2D eigenvalue weighted by Gasteiger charge is 2.19. The number of para-hydroxylation sites is 2. The maximum atomic E-state index is 12.8. The molecule has 2 heterocycles. The first-order valence-electron chi connectivity index (χ1n) is 8.69. The molecule has 0 aliphatic carbocycles. The second kappa shape index (κ2) is 8.02. The van der Waals surface area contributed by atoms with Crippen molar-refractivity contribution < 1.29 is 8.42 Å². The summed E-state index contributed by atoms with van der Waals surface area (Å²) in [6.45, 7) is 0.409. The molecular formula is C20H16ClN5O2S. The Bertz CT molecular complexity index is 1270. The van der Waals surface area contributed by atoms with Crippen molar-refractivity contribution in [2.45, 2.75) is 11.4 Å². The van der Waals surface area contributed by atoms with Crippen molar-refractivity contribution in [3.05, 3.63) is 83.6 Å². The van der Waals surface area contributed by atoms with Crippen LogP contribution in [-0.4, -0.2) is 23.4 Å². The van der Waals surface area contributed by atoms with E-state index in [0.717, 1.165) is 5.56 Å². The molecule has 0 aliphatic rings. The lowest BCUT2D eigenvalue weighted by atomic mass is 10.3. The summed E-state index contributed by atoms with van der Waals surface area (Å²) in [5.74, 6) is 0.422. The summed E-state index contributed by atoms with van der Waals surface area (Å²) in [4.78, 5) is 13.1. The Balaban J connectivity index is 1.71. The molecule has 0 saturated heterocycles. The molecule has 7 nitrogen and oxygen atoms in total. The maximum Gasteiger partial charge on any atom is 0.263 e. The van der Waals surface area contributed by atoms with Gasteiger partial charge in [0.05, 0.1) is 15.9 Å². The van der Waals surface area contributed by atoms with Gasteiger partial charge in [0, 0.05) is 24.0 Å². The molecule has 0 radical (unpaired) electrons. The molecular weight excluding hydrogens is 410 g/mol. The Labute approximate surface area is 172 Å². The number of halogens is 1. The van der Waals surface area contributed by atoms with Gasteiger partial charge in [0.2, 0.25) is 0 Å². The van der Waals surface area contributed by atoms with Gasteiger partial charge in [0.25, 0.3) is 10.0 Å². The van der Waals surface area contributed by atoms with E-state index in [0.29, 0.717) is 28.4 Å². The normalized spacial score (nSPS) is 11.3. The zero-order chi connectivity index (χ0) is 20.3. The van der Waals surface area contributed by atoms with E-state index >= 15 is 0 Å². The van der Waals surface area contributed by atoms with Crippen LogP contribution in [0.5, 0.6) is 0 Å². The van der Waals surface area contributed by atoms with E-state index in [4.69, 9.17) is 11.6 Å². The molecule has 0 amide bonds. The first-order valence-corrected chi connectivity index (χ1v) is 10.6. The van der Waals surface area contributed by atoms with E-state index in [1.165, 1.54) is 12.1 Å². The monoisotopic (exact) mass is 425 g/mol. The van der Waals surface area contributed by atoms with Gasteiger partial charge in [-0.05, 0) is 42.0 Å². The molecule has 2 N–H and O–H groups in total. The predicted molar refractivity (Wildman–Crippen MR) is 113 cm³/mol. The number of hydrogen-bond acceptors (Lipinski definition) is 6. The average molecular weight is 426 g/mol. The Morgan fingerprint density at radius 2 is 1.66 bits per heavy atom. The van der Waals surface area contributed by atoms with E-state index in [9.17, 15) is 8.42 Å². The lowest BCUT2D eigenvalue weighted by molar-refractivity contribution is 0.601. The first kappa shape index (κ1) is 19.1. The summed E-state index contributed by atoms with van der Waals surface area (Å²) >= 11 is 5.94. The summed E-state index contributed by atoms with van der Waals surface area (Å²) < 4.78 is 28.2. The van der Waals surface area contributed by atoms with Crippen molar-refractivity contribution >= 4 is 44.3 Å². The fourth-order valence-electron chi connectivity index (χ4n) is 2.70. The van der Waals surface area contributed by atoms with Crippen molar-refractivity contribution in [3.63, 3.8) is 0 Å². The highest BCUT2D eigenvalue weighted by molar-refractivity contribution is 7.92. The molecule has 4 rings (SSSR count). The summed E-state index contributed by atoms with van der Waals surface area (Å²) in [5.41, 5.74) is 2.14. The average Bonchev–Trinajstić information content (AvgIpc) is 2.73. The Kier molecular flexibility index (Phi) is 5.28. The minimum absolute atomic E-state index is 0.0400. The third-order valence-corrected chi connectivity index (χ3v) is 5.66. The number of nitrogens with zero attached hydrogens (tertiary/aromatic N) is 3. The van der Waals surface area contributed by atoms with Crippen LogP contribution in [0.1, 0.15) is 5.56 Å². The summed E-state index contributed by atoms with van der Waals surface area (Å²) in [6, 6.07) is 17.0. The number of benzene rings is 2. The minimum atomic E-state index is -3.90. The second-order valence-electron chi connectivity index (χ2n) is 6.19. The quantitative estimate of drug-likeness (QED) is 0.483. The van der Waals surface area contributed by atoms with Crippen LogP contribution in [0.2, 0.25) is 5.02 Å². The summed E-state index contributed by atoms with van der Waals surface area (Å²) in [5, 5.41) is 3.47. The van der Waals surface area contributed by atoms with Crippen molar-refractivity contribution in [2.24, 2.45) is 0 Å². The van der Waals surface area contributed by atoms with E-state index < -0.39 is 10.0 Å². The Hall–Kier alpha value is -3.23. The zero-order valence-corrected chi connectivity index (χ0v) is 16.7. The Morgan fingerprint density at radius 1 is 0.897 bits per heavy atom. The van der Waals surface area contributed by atoms with Crippen molar-refractivity contribution in [2.75, 3.05) is 10.0 Å². The first-order chi connectivity index (χ1) is 14.0. The maximum absolute atomic E-state index is 12.8. The van der Waals surface area contributed by atoms with Crippen LogP contribution >= 0.6 is 11.6 Å². The van der Waals surface area contributed by atoms with Crippen molar-refractivity contribution in [3.8, 4) is 0 Å². The standard InChI is InChI=1S/C20H16ClN5O2S/c21-15-6-3-7-16(11-15)29(27,28)26-20-19(23-13-14-5-4-10-22-12-14)24-17-8-1-2-9-18(17)25-20/h1-12H,13H2,(H,23,24)(H,25,26). The number of rotatable bonds is 6. The van der Waals surface area contributed by atoms with Crippen LogP contribution in [0.4, 0.5) is 11.6 Å². The van der Waals surface area contributed by atoms with E-state index in [2.05, 4.69) is 25.0 Å². The van der Waals surface area contributed by atoms with Crippen LogP contribution in [0.15, 0.2) is 78.0 Å². The molecule has 146 valence electrons. The van der Waals surface area contributed by atoms with Gasteiger partial charge >= 0.3 is 0 Å². The van der Waals surface area contributed by atoms with Crippen LogP contribution in [0.25, 0.3) is 11.0 Å². The Morgan fingerprint density at radius 3 is 2.34 bits per heavy atom. The van der Waals surface area contributed by atoms with Crippen LogP contribution in [-0.2, 0) is 16.6 Å². The fraction of sp³-hybridized carbons (Fsp3) is 0.0500. The molecule has 0 aliphatic heterocycles. The second-order valence-corrected chi connectivity index (χ2v) is 8.31. The third kappa shape index (κ3) is 4.44. The lowest BCUT2D eigenvalue weighted by Crippen LogP contribution is -2.16. The number of nitrogens with one attached hydrogen (secondary N) is 2. The molecule has 2 aromatic heterocycles. The van der Waals surface area contributed by atoms with Crippen LogP contribution < -0.4 is 10.0 Å². The number of pyridine rings is 1. The predicted octanol–water partition coefficient (Wildman–Crippen LogP) is 4.09. The van der Waals surface area contributed by atoms with Crippen LogP contribution in [0, 0.1) is 0 Å². The molecule has 29 heavy (non-hydrogen) atoms. The topological polar surface area (TPSA) is 96.9 Å². The molecule has 0 atom stereocenters. The lowest BCUT2D eigenvalue weighted by Gasteiger charge is -2.14. The van der Waals surface area contributed by atoms with Crippen molar-refractivity contribution in [1.29, 1.82) is 0 Å². The van der Waals surface area contributed by atoms with Gasteiger partial charge < -0.3 is 5.32 Å². The van der Waals surface area contributed by atoms with Gasteiger partial charge in [-0.15, -0.1) is 0 Å². The van der Waals surface area contributed by atoms with E-state index in [-0.39, 0.29) is 10.7 Å². The summed E-state index contributed by atoms with van der Waals surface area (Å²) in [7, 11) is -3.90. The van der Waals surface area contributed by atoms with Gasteiger partial charge in [0.1, 0.15) is 0 Å². The number of aromatic nitrogens is 3. The van der Waals surface area contributed by atoms with E-state index in [1.807, 2.05) is 30.3 Å². The minimum Gasteiger partial charge on any atom is -0.363 e. The highest BCUT2D eigenvalue weighted by Crippen LogP contribution is 2.25. The molecule has 0 bridgehead atoms. The molecule has 0 fully saturated rings. The largest absolute Gasteiger partial charge is 0.363 e. The number of sulfonamides is 1. The van der Waals surface area contributed by atoms with Gasteiger partial charge in [0.15, 0.2) is 11.6 Å². The smallest absolute Gasteiger partial charge is 0.263 e. The third-order valence-electron chi connectivity index (χ3n) is 4.09. The molecule has 0 spiro atoms. The van der Waals surface area contributed by atoms with Gasteiger partial charge in [-0.2, -0.15) is 0 Å². The van der Waals surface area contributed by atoms with Gasteiger partial charge in [-0.3, -0.25) is 9.71 Å². The zero-order valence-electron chi connectivity index (χ0n) is 15.1. The molecule has 4 aromatic rings. The van der Waals surface area contributed by atoms with Gasteiger partial charge in [-0.1, -0.05) is 35.9 Å². The van der Waals surface area contributed by atoms with Crippen molar-refractivity contribution in [1.82, 2.24) is 15.0 Å². The van der Waals surface area contributed by atoms with Crippen LogP contribution in [0.3, 0.4) is 0 Å². The fourth-order valence-corrected chi connectivity index (χ4v) is 4.01. The summed E-state index contributed by atoms with van der Waals surface area (Å²) in [6.07, 6.45) is 3.40.